The molecule has 1 aliphatic carbocycles. The van der Waals surface area contributed by atoms with E-state index in [-0.39, 0.29) is 0 Å². The second-order valence-corrected chi connectivity index (χ2v) is 4.29. The van der Waals surface area contributed by atoms with Crippen LogP contribution in [0.4, 0.5) is 0 Å². The van der Waals surface area contributed by atoms with Crippen LogP contribution in [0, 0.1) is 5.92 Å². The quantitative estimate of drug-likeness (QED) is 0.694. The summed E-state index contributed by atoms with van der Waals surface area (Å²) in [6, 6.07) is 6.86. The zero-order valence-corrected chi connectivity index (χ0v) is 7.83. The van der Waals surface area contributed by atoms with Gasteiger partial charge in [-0.15, -0.1) is 0 Å². The third-order valence-electron chi connectivity index (χ3n) is 3.74. The number of rotatable bonds is 1. The van der Waals surface area contributed by atoms with Crippen LogP contribution in [0.2, 0.25) is 0 Å². The van der Waals surface area contributed by atoms with Gasteiger partial charge < -0.3 is 5.32 Å². The van der Waals surface area contributed by atoms with Crippen molar-refractivity contribution in [2.75, 3.05) is 6.54 Å². The molecule has 1 N–H and O–H groups in total. The van der Waals surface area contributed by atoms with Crippen molar-refractivity contribution in [2.24, 2.45) is 5.92 Å². The SMILES string of the molecule is CC1NCC2CC21c1ccccn1. The maximum Gasteiger partial charge on any atom is 0.0484 e. The Balaban J connectivity index is 2.02. The highest BCUT2D eigenvalue weighted by Crippen LogP contribution is 2.58. The summed E-state index contributed by atoms with van der Waals surface area (Å²) in [4.78, 5) is 4.48. The first-order valence-corrected chi connectivity index (χ1v) is 4.99. The van der Waals surface area contributed by atoms with Gasteiger partial charge in [0.2, 0.25) is 0 Å². The molecule has 3 rings (SSSR count). The van der Waals surface area contributed by atoms with Gasteiger partial charge in [0.05, 0.1) is 0 Å². The molecule has 1 aromatic heterocycles. The minimum Gasteiger partial charge on any atom is -0.313 e. The maximum atomic E-state index is 4.48. The molecule has 2 fully saturated rings. The van der Waals surface area contributed by atoms with Gasteiger partial charge in [-0.3, -0.25) is 4.98 Å². The third kappa shape index (κ3) is 0.841. The highest BCUT2D eigenvalue weighted by Gasteiger charge is 2.63. The van der Waals surface area contributed by atoms with E-state index in [0.29, 0.717) is 11.5 Å². The first-order chi connectivity index (χ1) is 6.34. The number of pyridine rings is 1. The lowest BCUT2D eigenvalue weighted by atomic mass is 9.93. The topological polar surface area (TPSA) is 24.9 Å². The third-order valence-corrected chi connectivity index (χ3v) is 3.74. The van der Waals surface area contributed by atoms with Crippen molar-refractivity contribution < 1.29 is 0 Å². The molecule has 0 spiro atoms. The van der Waals surface area contributed by atoms with Crippen LogP contribution >= 0.6 is 0 Å². The minimum absolute atomic E-state index is 0.390. The number of nitrogens with zero attached hydrogens (tertiary/aromatic N) is 1. The zero-order valence-electron chi connectivity index (χ0n) is 7.83. The molecule has 3 atom stereocenters. The van der Waals surface area contributed by atoms with E-state index in [9.17, 15) is 0 Å². The minimum atomic E-state index is 0.390. The van der Waals surface area contributed by atoms with Crippen LogP contribution in [-0.2, 0) is 5.41 Å². The molecular formula is C11H14N2. The van der Waals surface area contributed by atoms with E-state index in [1.165, 1.54) is 18.7 Å². The van der Waals surface area contributed by atoms with Crippen LogP contribution in [-0.4, -0.2) is 17.6 Å². The van der Waals surface area contributed by atoms with E-state index in [2.05, 4.69) is 29.4 Å². The van der Waals surface area contributed by atoms with E-state index in [0.717, 1.165) is 5.92 Å². The lowest BCUT2D eigenvalue weighted by Gasteiger charge is -2.18. The monoisotopic (exact) mass is 174 g/mol. The largest absolute Gasteiger partial charge is 0.313 e. The van der Waals surface area contributed by atoms with Gasteiger partial charge in [-0.05, 0) is 37.9 Å². The summed E-state index contributed by atoms with van der Waals surface area (Å²) < 4.78 is 0. The molecule has 2 heteroatoms. The first kappa shape index (κ1) is 7.51. The van der Waals surface area contributed by atoms with Gasteiger partial charge >= 0.3 is 0 Å². The van der Waals surface area contributed by atoms with Crippen molar-refractivity contribution in [1.29, 1.82) is 0 Å². The standard InChI is InChI=1S/C11H14N2/c1-8-11(6-9(11)7-13-8)10-4-2-3-5-12-10/h2-5,8-9,13H,6-7H2,1H3. The van der Waals surface area contributed by atoms with Crippen molar-refractivity contribution in [3.63, 3.8) is 0 Å². The van der Waals surface area contributed by atoms with Crippen LogP contribution in [0.15, 0.2) is 24.4 Å². The number of hydrogen-bond acceptors (Lipinski definition) is 2. The van der Waals surface area contributed by atoms with Crippen LogP contribution < -0.4 is 5.32 Å². The van der Waals surface area contributed by atoms with E-state index in [4.69, 9.17) is 0 Å². The van der Waals surface area contributed by atoms with Crippen molar-refractivity contribution >= 4 is 0 Å². The normalized spacial score (nSPS) is 41.6. The van der Waals surface area contributed by atoms with Crippen LogP contribution in [0.3, 0.4) is 0 Å². The Kier molecular flexibility index (Phi) is 1.34. The smallest absolute Gasteiger partial charge is 0.0484 e. The zero-order chi connectivity index (χ0) is 8.89. The summed E-state index contributed by atoms with van der Waals surface area (Å²) in [7, 11) is 0. The van der Waals surface area contributed by atoms with Gasteiger partial charge in [0.1, 0.15) is 0 Å². The Labute approximate surface area is 78.4 Å². The van der Waals surface area contributed by atoms with Gasteiger partial charge in [-0.1, -0.05) is 6.07 Å². The Hall–Kier alpha value is -0.890. The van der Waals surface area contributed by atoms with Crippen molar-refractivity contribution in [3.05, 3.63) is 30.1 Å². The molecule has 0 bridgehead atoms. The lowest BCUT2D eigenvalue weighted by Crippen LogP contribution is -2.31. The second-order valence-electron chi connectivity index (χ2n) is 4.29. The molecule has 0 aromatic carbocycles. The second kappa shape index (κ2) is 2.32. The summed E-state index contributed by atoms with van der Waals surface area (Å²) in [6.07, 6.45) is 3.24. The molecular weight excluding hydrogens is 160 g/mol. The highest BCUT2D eigenvalue weighted by atomic mass is 15.0. The molecule has 2 aliphatic rings. The lowest BCUT2D eigenvalue weighted by molar-refractivity contribution is 0.510. The molecule has 1 saturated heterocycles. The Morgan fingerprint density at radius 1 is 1.54 bits per heavy atom. The predicted octanol–water partition coefficient (Wildman–Crippen LogP) is 1.33. The fourth-order valence-corrected chi connectivity index (χ4v) is 2.81. The molecule has 68 valence electrons. The molecule has 1 saturated carbocycles. The molecule has 2 heterocycles. The molecule has 0 radical (unpaired) electrons. The molecule has 0 amide bonds. The predicted molar refractivity (Wildman–Crippen MR) is 51.5 cm³/mol. The van der Waals surface area contributed by atoms with Crippen molar-refractivity contribution in [1.82, 2.24) is 10.3 Å². The number of aromatic nitrogens is 1. The molecule has 3 unspecified atom stereocenters. The number of fused-ring (bicyclic) bond motifs is 1. The summed E-state index contributed by atoms with van der Waals surface area (Å²) in [5, 5.41) is 3.52. The van der Waals surface area contributed by atoms with Crippen LogP contribution in [0.25, 0.3) is 0 Å². The van der Waals surface area contributed by atoms with Crippen LogP contribution in [0.1, 0.15) is 19.0 Å². The highest BCUT2D eigenvalue weighted by molar-refractivity contribution is 5.34. The van der Waals surface area contributed by atoms with Crippen molar-refractivity contribution in [3.8, 4) is 0 Å². The summed E-state index contributed by atoms with van der Waals surface area (Å²) in [6.45, 7) is 3.46. The summed E-state index contributed by atoms with van der Waals surface area (Å²) in [5.41, 5.74) is 1.68. The summed E-state index contributed by atoms with van der Waals surface area (Å²) in [5.74, 6) is 0.845. The molecule has 2 nitrogen and oxygen atoms in total. The Morgan fingerprint density at radius 3 is 3.00 bits per heavy atom. The van der Waals surface area contributed by atoms with E-state index in [1.54, 1.807) is 0 Å². The van der Waals surface area contributed by atoms with Gasteiger partial charge in [-0.2, -0.15) is 0 Å². The fourth-order valence-electron chi connectivity index (χ4n) is 2.81. The number of nitrogens with one attached hydrogen (secondary N) is 1. The first-order valence-electron chi connectivity index (χ1n) is 4.99. The summed E-state index contributed by atoms with van der Waals surface area (Å²) >= 11 is 0. The molecule has 1 aromatic rings. The molecule has 1 aliphatic heterocycles. The number of hydrogen-bond donors (Lipinski definition) is 1. The average Bonchev–Trinajstić information content (AvgIpc) is 2.84. The van der Waals surface area contributed by atoms with Gasteiger partial charge in [-0.25, -0.2) is 0 Å². The average molecular weight is 174 g/mol. The molecule has 13 heavy (non-hydrogen) atoms. The van der Waals surface area contributed by atoms with E-state index < -0.39 is 0 Å². The van der Waals surface area contributed by atoms with E-state index in [1.807, 2.05) is 12.3 Å². The maximum absolute atomic E-state index is 4.48. The van der Waals surface area contributed by atoms with Gasteiger partial charge in [0.25, 0.3) is 0 Å². The van der Waals surface area contributed by atoms with Gasteiger partial charge in [0, 0.05) is 23.3 Å². The Morgan fingerprint density at radius 2 is 2.46 bits per heavy atom. The Bertz CT molecular complexity index is 322. The van der Waals surface area contributed by atoms with E-state index >= 15 is 0 Å². The van der Waals surface area contributed by atoms with Crippen LogP contribution in [0.5, 0.6) is 0 Å². The fraction of sp³-hybridized carbons (Fsp3) is 0.545. The van der Waals surface area contributed by atoms with Crippen molar-refractivity contribution in [2.45, 2.75) is 24.8 Å². The number of piperidine rings is 1. The van der Waals surface area contributed by atoms with Gasteiger partial charge in [0.15, 0.2) is 0 Å².